The van der Waals surface area contributed by atoms with Gasteiger partial charge in [0.25, 0.3) is 0 Å². The van der Waals surface area contributed by atoms with E-state index in [-0.39, 0.29) is 0 Å². The minimum atomic E-state index is 0.775. The van der Waals surface area contributed by atoms with Gasteiger partial charge in [-0.25, -0.2) is 0 Å². The Balaban J connectivity index is 2.10. The fraction of sp³-hybridized carbons (Fsp3) is 0.429. The lowest BCUT2D eigenvalue weighted by Gasteiger charge is -2.05. The van der Waals surface area contributed by atoms with Crippen molar-refractivity contribution in [3.8, 4) is 10.6 Å². The summed E-state index contributed by atoms with van der Waals surface area (Å²) in [6.45, 7) is 5.24. The maximum Gasteiger partial charge on any atom is 0.0601 e. The van der Waals surface area contributed by atoms with Gasteiger partial charge in [-0.05, 0) is 73.7 Å². The molecule has 24 heavy (non-hydrogen) atoms. The number of unbranched alkanes of at least 4 members (excludes halogenated alkanes) is 2. The van der Waals surface area contributed by atoms with Gasteiger partial charge < -0.3 is 10.7 Å². The summed E-state index contributed by atoms with van der Waals surface area (Å²) in [4.78, 5) is 5.18. The first-order valence-electron chi connectivity index (χ1n) is 9.13. The first-order chi connectivity index (χ1) is 11.8. The lowest BCUT2D eigenvalue weighted by atomic mass is 10.00. The number of aromatic nitrogens is 1. The number of thiophene rings is 1. The van der Waals surface area contributed by atoms with Crippen LogP contribution in [0.25, 0.3) is 21.5 Å². The van der Waals surface area contributed by atoms with Crippen LogP contribution >= 0.6 is 11.3 Å². The van der Waals surface area contributed by atoms with E-state index in [2.05, 4.69) is 48.5 Å². The summed E-state index contributed by atoms with van der Waals surface area (Å²) in [5.74, 6) is 0. The van der Waals surface area contributed by atoms with E-state index in [0.717, 1.165) is 32.2 Å². The fourth-order valence-electron chi connectivity index (χ4n) is 3.44. The van der Waals surface area contributed by atoms with E-state index in [4.69, 9.17) is 5.73 Å². The van der Waals surface area contributed by atoms with Gasteiger partial charge in [-0.3, -0.25) is 0 Å². The molecule has 0 aliphatic rings. The molecule has 2 nitrogen and oxygen atoms in total. The molecule has 1 aromatic carbocycles. The molecule has 0 spiro atoms. The topological polar surface area (TPSA) is 41.8 Å². The third kappa shape index (κ3) is 3.42. The Morgan fingerprint density at radius 3 is 2.67 bits per heavy atom. The van der Waals surface area contributed by atoms with E-state index in [1.54, 1.807) is 0 Å². The average molecular weight is 341 g/mol. The highest BCUT2D eigenvalue weighted by molar-refractivity contribution is 7.13. The molecule has 3 heteroatoms. The molecule has 0 saturated carbocycles. The van der Waals surface area contributed by atoms with E-state index in [1.807, 2.05) is 11.3 Å². The van der Waals surface area contributed by atoms with Crippen LogP contribution in [0.1, 0.15) is 49.3 Å². The number of nitrogens with one attached hydrogen (secondary N) is 1. The number of hydrogen-bond acceptors (Lipinski definition) is 2. The van der Waals surface area contributed by atoms with Crippen LogP contribution in [-0.4, -0.2) is 11.5 Å². The van der Waals surface area contributed by atoms with Gasteiger partial charge >= 0.3 is 0 Å². The molecule has 2 heterocycles. The van der Waals surface area contributed by atoms with Crippen LogP contribution in [0.15, 0.2) is 29.6 Å². The molecule has 3 N–H and O–H groups in total. The van der Waals surface area contributed by atoms with Gasteiger partial charge in [0, 0.05) is 10.9 Å². The number of H-pyrrole nitrogens is 1. The highest BCUT2D eigenvalue weighted by Gasteiger charge is 2.17. The first kappa shape index (κ1) is 17.2. The number of nitrogens with two attached hydrogens (primary N) is 1. The molecule has 0 saturated heterocycles. The van der Waals surface area contributed by atoms with Crippen molar-refractivity contribution in [3.63, 3.8) is 0 Å². The van der Waals surface area contributed by atoms with Crippen LogP contribution in [0.4, 0.5) is 0 Å². The zero-order chi connectivity index (χ0) is 16.9. The fourth-order valence-corrected chi connectivity index (χ4v) is 4.39. The number of hydrogen-bond donors (Lipinski definition) is 2. The summed E-state index contributed by atoms with van der Waals surface area (Å²) in [5, 5.41) is 3.60. The summed E-state index contributed by atoms with van der Waals surface area (Å²) in [6, 6.07) is 9.00. The lowest BCUT2D eigenvalue weighted by Crippen LogP contribution is -1.99. The van der Waals surface area contributed by atoms with Crippen molar-refractivity contribution >= 4 is 22.2 Å². The molecule has 0 fully saturated rings. The molecular weight excluding hydrogens is 312 g/mol. The molecule has 128 valence electrons. The minimum Gasteiger partial charge on any atom is -0.353 e. The van der Waals surface area contributed by atoms with Crippen LogP contribution in [0.3, 0.4) is 0 Å². The first-order valence-corrected chi connectivity index (χ1v) is 10.0. The van der Waals surface area contributed by atoms with Crippen LogP contribution in [0, 0.1) is 6.92 Å². The SMILES string of the molecule is CCCCc1cccc2c(CCCCN)c(-c3sccc3C)[nH]c12. The number of aryl methyl sites for hydroxylation is 3. The summed E-state index contributed by atoms with van der Waals surface area (Å²) in [7, 11) is 0. The van der Waals surface area contributed by atoms with Gasteiger partial charge in [0.15, 0.2) is 0 Å². The van der Waals surface area contributed by atoms with Crippen molar-refractivity contribution in [1.29, 1.82) is 0 Å². The second-order valence-corrected chi connectivity index (χ2v) is 7.52. The molecule has 3 aromatic rings. The normalized spacial score (nSPS) is 11.5. The number of rotatable bonds is 8. The van der Waals surface area contributed by atoms with Crippen molar-refractivity contribution < 1.29 is 0 Å². The third-order valence-corrected chi connectivity index (χ3v) is 5.83. The summed E-state index contributed by atoms with van der Waals surface area (Å²) >= 11 is 1.84. The van der Waals surface area contributed by atoms with Crippen LogP contribution < -0.4 is 5.73 Å². The van der Waals surface area contributed by atoms with Crippen molar-refractivity contribution in [1.82, 2.24) is 4.98 Å². The number of para-hydroxylation sites is 1. The van der Waals surface area contributed by atoms with Gasteiger partial charge in [0.05, 0.1) is 10.6 Å². The maximum absolute atomic E-state index is 5.71. The van der Waals surface area contributed by atoms with E-state index >= 15 is 0 Å². The monoisotopic (exact) mass is 340 g/mol. The minimum absolute atomic E-state index is 0.775. The Hall–Kier alpha value is -1.58. The maximum atomic E-state index is 5.71. The molecule has 0 atom stereocenters. The van der Waals surface area contributed by atoms with E-state index in [9.17, 15) is 0 Å². The molecule has 0 amide bonds. The Morgan fingerprint density at radius 2 is 1.96 bits per heavy atom. The van der Waals surface area contributed by atoms with Crippen LogP contribution in [0.5, 0.6) is 0 Å². The highest BCUT2D eigenvalue weighted by atomic mass is 32.1. The van der Waals surface area contributed by atoms with Gasteiger partial charge in [-0.15, -0.1) is 11.3 Å². The summed E-state index contributed by atoms with van der Waals surface area (Å²) < 4.78 is 0. The molecule has 3 rings (SSSR count). The second-order valence-electron chi connectivity index (χ2n) is 6.60. The van der Waals surface area contributed by atoms with Gasteiger partial charge in [0.1, 0.15) is 0 Å². The van der Waals surface area contributed by atoms with Crippen LogP contribution in [-0.2, 0) is 12.8 Å². The third-order valence-electron chi connectivity index (χ3n) is 4.80. The van der Waals surface area contributed by atoms with E-state index in [1.165, 1.54) is 51.0 Å². The molecule has 0 aliphatic carbocycles. The van der Waals surface area contributed by atoms with E-state index < -0.39 is 0 Å². The van der Waals surface area contributed by atoms with Gasteiger partial charge in [-0.2, -0.15) is 0 Å². The zero-order valence-corrected chi connectivity index (χ0v) is 15.6. The summed E-state index contributed by atoms with van der Waals surface area (Å²) in [5.41, 5.74) is 12.7. The Kier molecular flexibility index (Phi) is 5.75. The van der Waals surface area contributed by atoms with E-state index in [0.29, 0.717) is 0 Å². The van der Waals surface area contributed by atoms with Crippen molar-refractivity contribution in [2.75, 3.05) is 6.54 Å². The largest absolute Gasteiger partial charge is 0.353 e. The molecule has 0 aliphatic heterocycles. The predicted octanol–water partition coefficient (Wildman–Crippen LogP) is 5.83. The molecular formula is C21H28N2S. The number of benzene rings is 1. The Bertz CT molecular complexity index is 797. The molecule has 2 aromatic heterocycles. The summed E-state index contributed by atoms with van der Waals surface area (Å²) in [6.07, 6.45) is 6.97. The zero-order valence-electron chi connectivity index (χ0n) is 14.8. The predicted molar refractivity (Wildman–Crippen MR) is 107 cm³/mol. The van der Waals surface area contributed by atoms with Gasteiger partial charge in [-0.1, -0.05) is 31.5 Å². The van der Waals surface area contributed by atoms with Crippen LogP contribution in [0.2, 0.25) is 0 Å². The van der Waals surface area contributed by atoms with Crippen molar-refractivity contribution in [2.24, 2.45) is 5.73 Å². The van der Waals surface area contributed by atoms with Gasteiger partial charge in [0.2, 0.25) is 0 Å². The smallest absolute Gasteiger partial charge is 0.0601 e. The lowest BCUT2D eigenvalue weighted by molar-refractivity contribution is 0.748. The van der Waals surface area contributed by atoms with Crippen molar-refractivity contribution in [3.05, 3.63) is 46.3 Å². The highest BCUT2D eigenvalue weighted by Crippen LogP contribution is 2.37. The average Bonchev–Trinajstić information content (AvgIpc) is 3.17. The molecule has 0 bridgehead atoms. The second kappa shape index (κ2) is 8.00. The molecule has 0 unspecified atom stereocenters. The number of aromatic amines is 1. The van der Waals surface area contributed by atoms with Crippen molar-refractivity contribution in [2.45, 2.75) is 52.4 Å². The quantitative estimate of drug-likeness (QED) is 0.498. The standard InChI is InChI=1S/C21H28N2S/c1-3-4-8-16-9-7-11-17-18(10-5-6-13-22)20(23-19(16)17)21-15(2)12-14-24-21/h7,9,11-12,14,23H,3-6,8,10,13,22H2,1-2H3. The molecule has 0 radical (unpaired) electrons. The Morgan fingerprint density at radius 1 is 1.08 bits per heavy atom. The Labute approximate surface area is 149 Å². The number of fused-ring (bicyclic) bond motifs is 1.